The zero-order chi connectivity index (χ0) is 13.1. The molecule has 5 heteroatoms. The Morgan fingerprint density at radius 2 is 1.83 bits per heavy atom. The van der Waals surface area contributed by atoms with Gasteiger partial charge in [0.05, 0.1) is 7.11 Å². The topological polar surface area (TPSA) is 66.8 Å². The van der Waals surface area contributed by atoms with E-state index in [-0.39, 0.29) is 0 Å². The fourth-order valence-electron chi connectivity index (χ4n) is 3.39. The van der Waals surface area contributed by atoms with Gasteiger partial charge in [-0.2, -0.15) is 0 Å². The summed E-state index contributed by atoms with van der Waals surface area (Å²) in [5.41, 5.74) is 0. The summed E-state index contributed by atoms with van der Waals surface area (Å²) >= 11 is 0. The number of esters is 1. The molecule has 2 atom stereocenters. The summed E-state index contributed by atoms with van der Waals surface area (Å²) in [6.45, 7) is 0.486. The molecule has 1 saturated heterocycles. The molecular weight excluding hydrogens is 234 g/mol. The van der Waals surface area contributed by atoms with Gasteiger partial charge < -0.3 is 9.84 Å². The van der Waals surface area contributed by atoms with Gasteiger partial charge in [0.15, 0.2) is 0 Å². The van der Waals surface area contributed by atoms with Crippen molar-refractivity contribution >= 4 is 12.1 Å². The molecule has 5 nitrogen and oxygen atoms in total. The number of hydrogen-bond donors (Lipinski definition) is 1. The van der Waals surface area contributed by atoms with E-state index < -0.39 is 18.1 Å². The van der Waals surface area contributed by atoms with Gasteiger partial charge in [0.1, 0.15) is 6.04 Å². The van der Waals surface area contributed by atoms with Crippen LogP contribution < -0.4 is 0 Å². The van der Waals surface area contributed by atoms with E-state index in [1.54, 1.807) is 0 Å². The average Bonchev–Trinajstić information content (AvgIpc) is 2.84. The van der Waals surface area contributed by atoms with Crippen LogP contribution in [0.1, 0.15) is 38.5 Å². The van der Waals surface area contributed by atoms with Gasteiger partial charge >= 0.3 is 12.1 Å². The summed E-state index contributed by atoms with van der Waals surface area (Å²) in [5, 5.41) is 9.16. The first-order valence-electron chi connectivity index (χ1n) is 6.71. The molecule has 1 aliphatic heterocycles. The molecule has 1 amide bonds. The number of ether oxygens (including phenoxy) is 1. The minimum Gasteiger partial charge on any atom is -0.467 e. The normalized spacial score (nSPS) is 29.3. The molecule has 1 aliphatic carbocycles. The number of carbonyl (C=O) groups excluding carboxylic acids is 1. The highest BCUT2D eigenvalue weighted by molar-refractivity contribution is 5.81. The number of amides is 1. The largest absolute Gasteiger partial charge is 0.467 e. The van der Waals surface area contributed by atoms with Crippen LogP contribution in [0.2, 0.25) is 0 Å². The number of carbonyl (C=O) groups is 2. The van der Waals surface area contributed by atoms with Gasteiger partial charge in [-0.05, 0) is 18.3 Å². The Balaban J connectivity index is 2.03. The molecule has 1 unspecified atom stereocenters. The molecule has 0 aromatic rings. The van der Waals surface area contributed by atoms with Crippen molar-refractivity contribution in [1.82, 2.24) is 4.90 Å². The molecule has 1 N–H and O–H groups in total. The molecule has 2 fully saturated rings. The predicted octanol–water partition coefficient (Wildman–Crippen LogP) is 2.11. The summed E-state index contributed by atoms with van der Waals surface area (Å²) in [7, 11) is 1.32. The molecule has 102 valence electrons. The Bertz CT molecular complexity index is 325. The van der Waals surface area contributed by atoms with Crippen LogP contribution in [0.4, 0.5) is 4.79 Å². The molecule has 2 aliphatic rings. The van der Waals surface area contributed by atoms with Crippen LogP contribution in [0, 0.1) is 11.8 Å². The smallest absolute Gasteiger partial charge is 0.408 e. The Hall–Kier alpha value is -1.26. The third-order valence-electron chi connectivity index (χ3n) is 4.37. The molecular formula is C13H21NO4. The van der Waals surface area contributed by atoms with Crippen LogP contribution in [0.5, 0.6) is 0 Å². The highest BCUT2D eigenvalue weighted by Gasteiger charge is 2.43. The average molecular weight is 255 g/mol. The second-order valence-corrected chi connectivity index (χ2v) is 5.37. The fraction of sp³-hybridized carbons (Fsp3) is 0.846. The van der Waals surface area contributed by atoms with E-state index in [1.807, 2.05) is 0 Å². The van der Waals surface area contributed by atoms with Crippen molar-refractivity contribution in [3.05, 3.63) is 0 Å². The van der Waals surface area contributed by atoms with E-state index >= 15 is 0 Å². The van der Waals surface area contributed by atoms with E-state index in [0.717, 1.165) is 0 Å². The second-order valence-electron chi connectivity index (χ2n) is 5.37. The number of nitrogens with zero attached hydrogens (tertiary/aromatic N) is 1. The SMILES string of the molecule is COC(=O)[C@@H]1CC(C2CCCCC2)CN1C(=O)O. The van der Waals surface area contributed by atoms with Crippen LogP contribution in [0.3, 0.4) is 0 Å². The van der Waals surface area contributed by atoms with Crippen molar-refractivity contribution < 1.29 is 19.4 Å². The first kappa shape index (κ1) is 13.2. The highest BCUT2D eigenvalue weighted by atomic mass is 16.5. The Morgan fingerprint density at radius 3 is 2.39 bits per heavy atom. The lowest BCUT2D eigenvalue weighted by atomic mass is 9.79. The Labute approximate surface area is 107 Å². The van der Waals surface area contributed by atoms with Gasteiger partial charge in [0.25, 0.3) is 0 Å². The molecule has 2 rings (SSSR count). The molecule has 0 bridgehead atoms. The zero-order valence-electron chi connectivity index (χ0n) is 10.8. The van der Waals surface area contributed by atoms with Gasteiger partial charge in [-0.3, -0.25) is 4.90 Å². The third kappa shape index (κ3) is 2.60. The molecule has 0 spiro atoms. The first-order valence-corrected chi connectivity index (χ1v) is 6.71. The van der Waals surface area contributed by atoms with Crippen LogP contribution >= 0.6 is 0 Å². The number of rotatable bonds is 2. The summed E-state index contributed by atoms with van der Waals surface area (Å²) in [5.74, 6) is 0.483. The Kier molecular flexibility index (Phi) is 4.09. The van der Waals surface area contributed by atoms with Gasteiger partial charge in [-0.15, -0.1) is 0 Å². The zero-order valence-corrected chi connectivity index (χ0v) is 10.8. The molecule has 0 aromatic carbocycles. The van der Waals surface area contributed by atoms with Gasteiger partial charge in [0, 0.05) is 6.54 Å². The van der Waals surface area contributed by atoms with Crippen molar-refractivity contribution in [3.63, 3.8) is 0 Å². The van der Waals surface area contributed by atoms with Crippen molar-refractivity contribution in [3.8, 4) is 0 Å². The standard InChI is InChI=1S/C13H21NO4/c1-18-12(15)11-7-10(8-14(11)13(16)17)9-5-3-2-4-6-9/h9-11H,2-8H2,1H3,(H,16,17)/t10?,11-/m0/s1. The monoisotopic (exact) mass is 255 g/mol. The molecule has 1 heterocycles. The fourth-order valence-corrected chi connectivity index (χ4v) is 3.39. The van der Waals surface area contributed by atoms with Gasteiger partial charge in [-0.25, -0.2) is 9.59 Å². The Morgan fingerprint density at radius 1 is 1.17 bits per heavy atom. The number of carboxylic acid groups (broad SMARTS) is 1. The quantitative estimate of drug-likeness (QED) is 0.767. The molecule has 18 heavy (non-hydrogen) atoms. The molecule has 0 aromatic heterocycles. The van der Waals surface area contributed by atoms with E-state index in [4.69, 9.17) is 9.84 Å². The molecule has 0 radical (unpaired) electrons. The lowest BCUT2D eigenvalue weighted by molar-refractivity contribution is -0.145. The van der Waals surface area contributed by atoms with Gasteiger partial charge in [-0.1, -0.05) is 32.1 Å². The van der Waals surface area contributed by atoms with E-state index in [9.17, 15) is 9.59 Å². The van der Waals surface area contributed by atoms with Crippen LogP contribution in [0.25, 0.3) is 0 Å². The first-order chi connectivity index (χ1) is 8.63. The van der Waals surface area contributed by atoms with Crippen molar-refractivity contribution in [1.29, 1.82) is 0 Å². The minimum atomic E-state index is -1.01. The van der Waals surface area contributed by atoms with E-state index in [1.165, 1.54) is 44.1 Å². The minimum absolute atomic E-state index is 0.325. The maximum Gasteiger partial charge on any atom is 0.408 e. The van der Waals surface area contributed by atoms with E-state index in [2.05, 4.69) is 0 Å². The van der Waals surface area contributed by atoms with Crippen LogP contribution in [0.15, 0.2) is 0 Å². The summed E-state index contributed by atoms with van der Waals surface area (Å²) in [4.78, 5) is 24.1. The maximum atomic E-state index is 11.6. The van der Waals surface area contributed by atoms with Crippen molar-refractivity contribution in [2.24, 2.45) is 11.8 Å². The second kappa shape index (κ2) is 5.59. The lowest BCUT2D eigenvalue weighted by Crippen LogP contribution is -2.40. The summed E-state index contributed by atoms with van der Waals surface area (Å²) in [6.07, 6.45) is 5.71. The highest BCUT2D eigenvalue weighted by Crippen LogP contribution is 2.37. The van der Waals surface area contributed by atoms with Crippen LogP contribution in [-0.2, 0) is 9.53 Å². The van der Waals surface area contributed by atoms with Crippen molar-refractivity contribution in [2.75, 3.05) is 13.7 Å². The lowest BCUT2D eigenvalue weighted by Gasteiger charge is -2.26. The van der Waals surface area contributed by atoms with Crippen molar-refractivity contribution in [2.45, 2.75) is 44.6 Å². The summed E-state index contributed by atoms with van der Waals surface area (Å²) in [6, 6.07) is -0.598. The third-order valence-corrected chi connectivity index (χ3v) is 4.37. The molecule has 1 saturated carbocycles. The van der Waals surface area contributed by atoms with E-state index in [0.29, 0.717) is 24.8 Å². The van der Waals surface area contributed by atoms with Gasteiger partial charge in [0.2, 0.25) is 0 Å². The number of hydrogen-bond acceptors (Lipinski definition) is 3. The van der Waals surface area contributed by atoms with Crippen LogP contribution in [-0.4, -0.2) is 41.8 Å². The summed E-state index contributed by atoms with van der Waals surface area (Å²) < 4.78 is 4.71. The number of methoxy groups -OCH3 is 1. The predicted molar refractivity (Wildman–Crippen MR) is 65.2 cm³/mol. The maximum absolute atomic E-state index is 11.6. The number of likely N-dealkylation sites (tertiary alicyclic amines) is 1.